The Bertz CT molecular complexity index is 1560. The van der Waals surface area contributed by atoms with Gasteiger partial charge in [0.25, 0.3) is 0 Å². The van der Waals surface area contributed by atoms with Crippen LogP contribution in [-0.2, 0) is 20.8 Å². The number of amides is 3. The van der Waals surface area contributed by atoms with Gasteiger partial charge in [0.1, 0.15) is 30.0 Å². The van der Waals surface area contributed by atoms with E-state index in [-0.39, 0.29) is 30.1 Å². The van der Waals surface area contributed by atoms with Gasteiger partial charge in [0.05, 0.1) is 24.4 Å². The zero-order chi connectivity index (χ0) is 31.6. The van der Waals surface area contributed by atoms with Crippen molar-refractivity contribution in [3.05, 3.63) is 48.3 Å². The minimum atomic E-state index is -0.790. The molecule has 3 N–H and O–H groups in total. The maximum absolute atomic E-state index is 13.9. The van der Waals surface area contributed by atoms with Crippen LogP contribution in [0.25, 0.3) is 10.9 Å². The number of methoxy groups -OCH3 is 1. The number of rotatable bonds is 8. The molecule has 45 heavy (non-hydrogen) atoms. The Morgan fingerprint density at radius 1 is 1.07 bits per heavy atom. The maximum atomic E-state index is 13.9. The van der Waals surface area contributed by atoms with Gasteiger partial charge in [0.2, 0.25) is 17.7 Å². The lowest BCUT2D eigenvalue weighted by atomic mass is 9.85. The fourth-order valence-electron chi connectivity index (χ4n) is 6.04. The number of carbonyl (C=O) groups excluding carboxylic acids is 3. The molecule has 1 aromatic heterocycles. The first-order chi connectivity index (χ1) is 21.0. The molecule has 0 saturated carbocycles. The summed E-state index contributed by atoms with van der Waals surface area (Å²) in [7, 11) is 3.24. The molecule has 0 bridgehead atoms. The van der Waals surface area contributed by atoms with Crippen LogP contribution >= 0.6 is 12.4 Å². The standard InChI is InChI=1S/C33H43N7O4.ClH/c1-20(34-5)30(41)38-28(33(2,3)4)32(43)40-16-10-14-26(40)31(42)37-24-17-22-23(18-27(24)44-6)35-19-36-29(22)39-15-9-12-21-11-7-8-13-25(21)39;/h7-8,11,13,17-20,26,28,34H,9-10,12,14-16H2,1-6H3,(H,37,42)(H,38,41);1H/t20-,26-,28+;/m0./s1. The van der Waals surface area contributed by atoms with Crippen molar-refractivity contribution < 1.29 is 19.1 Å². The van der Waals surface area contributed by atoms with Crippen LogP contribution in [0.3, 0.4) is 0 Å². The van der Waals surface area contributed by atoms with Gasteiger partial charge in [-0.1, -0.05) is 39.0 Å². The van der Waals surface area contributed by atoms with Gasteiger partial charge in [-0.3, -0.25) is 14.4 Å². The first-order valence-electron chi connectivity index (χ1n) is 15.3. The van der Waals surface area contributed by atoms with Crippen molar-refractivity contribution in [1.82, 2.24) is 25.5 Å². The van der Waals surface area contributed by atoms with Crippen LogP contribution in [0.15, 0.2) is 42.7 Å². The molecule has 0 spiro atoms. The van der Waals surface area contributed by atoms with Crippen molar-refractivity contribution in [3.63, 3.8) is 0 Å². The van der Waals surface area contributed by atoms with Crippen LogP contribution in [0, 0.1) is 5.41 Å². The van der Waals surface area contributed by atoms with Crippen molar-refractivity contribution in [2.24, 2.45) is 5.41 Å². The Morgan fingerprint density at radius 3 is 2.53 bits per heavy atom. The summed E-state index contributed by atoms with van der Waals surface area (Å²) in [6.07, 6.45) is 4.76. The van der Waals surface area contributed by atoms with Gasteiger partial charge < -0.3 is 30.5 Å². The summed E-state index contributed by atoms with van der Waals surface area (Å²) in [5, 5.41) is 9.66. The number of hydrogen-bond acceptors (Lipinski definition) is 8. The van der Waals surface area contributed by atoms with E-state index < -0.39 is 23.5 Å². The zero-order valence-corrected chi connectivity index (χ0v) is 27.7. The van der Waals surface area contributed by atoms with E-state index >= 15 is 0 Å². The molecule has 1 fully saturated rings. The molecule has 12 heteroatoms. The van der Waals surface area contributed by atoms with Gasteiger partial charge in [-0.25, -0.2) is 9.97 Å². The highest BCUT2D eigenvalue weighted by Gasteiger charge is 2.42. The van der Waals surface area contributed by atoms with Gasteiger partial charge in [0, 0.05) is 30.2 Å². The number of hydrogen-bond donors (Lipinski definition) is 3. The normalized spacial score (nSPS) is 17.6. The molecule has 5 rings (SSSR count). The van der Waals surface area contributed by atoms with E-state index in [4.69, 9.17) is 4.74 Å². The van der Waals surface area contributed by atoms with E-state index in [0.29, 0.717) is 36.3 Å². The molecule has 2 aromatic carbocycles. The van der Waals surface area contributed by atoms with Crippen LogP contribution in [0.4, 0.5) is 17.2 Å². The molecule has 0 aliphatic carbocycles. The number of para-hydroxylation sites is 1. The molecule has 3 heterocycles. The average Bonchev–Trinajstić information content (AvgIpc) is 3.52. The number of ether oxygens (including phenoxy) is 1. The Labute approximate surface area is 270 Å². The van der Waals surface area contributed by atoms with Crippen molar-refractivity contribution in [2.45, 2.75) is 71.5 Å². The summed E-state index contributed by atoms with van der Waals surface area (Å²) in [5.74, 6) is 0.384. The van der Waals surface area contributed by atoms with Crippen molar-refractivity contribution in [1.29, 1.82) is 0 Å². The molecular formula is C33H44ClN7O4. The smallest absolute Gasteiger partial charge is 0.247 e. The number of nitrogens with zero attached hydrogens (tertiary/aromatic N) is 4. The minimum absolute atomic E-state index is 0. The number of fused-ring (bicyclic) bond motifs is 2. The highest BCUT2D eigenvalue weighted by Crippen LogP contribution is 2.39. The fourth-order valence-corrected chi connectivity index (χ4v) is 6.04. The molecule has 0 radical (unpaired) electrons. The average molecular weight is 638 g/mol. The van der Waals surface area contributed by atoms with Crippen molar-refractivity contribution >= 4 is 58.2 Å². The van der Waals surface area contributed by atoms with Crippen LogP contribution in [0.1, 0.15) is 52.5 Å². The zero-order valence-electron chi connectivity index (χ0n) is 26.8. The summed E-state index contributed by atoms with van der Waals surface area (Å²) >= 11 is 0. The molecule has 11 nitrogen and oxygen atoms in total. The van der Waals surface area contributed by atoms with E-state index in [2.05, 4.69) is 49.0 Å². The number of likely N-dealkylation sites (tertiary alicyclic amines) is 1. The summed E-state index contributed by atoms with van der Waals surface area (Å²) < 4.78 is 5.67. The highest BCUT2D eigenvalue weighted by atomic mass is 35.5. The third-order valence-electron chi connectivity index (χ3n) is 8.62. The van der Waals surface area contributed by atoms with Crippen molar-refractivity contribution in [2.75, 3.05) is 37.5 Å². The molecule has 3 aromatic rings. The maximum Gasteiger partial charge on any atom is 0.247 e. The number of aryl methyl sites for hydroxylation is 1. The lowest BCUT2D eigenvalue weighted by molar-refractivity contribution is -0.143. The Morgan fingerprint density at radius 2 is 1.82 bits per heavy atom. The number of likely N-dealkylation sites (N-methyl/N-ethyl adjacent to an activating group) is 1. The topological polar surface area (TPSA) is 129 Å². The van der Waals surface area contributed by atoms with E-state index in [1.165, 1.54) is 5.56 Å². The molecular weight excluding hydrogens is 594 g/mol. The van der Waals surface area contributed by atoms with Gasteiger partial charge in [0.15, 0.2) is 0 Å². The molecule has 242 valence electrons. The van der Waals surface area contributed by atoms with Gasteiger partial charge in [-0.15, -0.1) is 12.4 Å². The van der Waals surface area contributed by atoms with Crippen LogP contribution < -0.4 is 25.6 Å². The van der Waals surface area contributed by atoms with E-state index in [1.807, 2.05) is 32.9 Å². The molecule has 2 aliphatic rings. The quantitative estimate of drug-likeness (QED) is 0.335. The molecule has 1 saturated heterocycles. The molecule has 0 unspecified atom stereocenters. The number of halogens is 1. The number of carbonyl (C=O) groups is 3. The van der Waals surface area contributed by atoms with Crippen LogP contribution in [0.5, 0.6) is 5.75 Å². The number of benzene rings is 2. The Hall–Kier alpha value is -3.96. The third-order valence-corrected chi connectivity index (χ3v) is 8.62. The second-order valence-electron chi connectivity index (χ2n) is 12.6. The van der Waals surface area contributed by atoms with Crippen molar-refractivity contribution in [3.8, 4) is 5.75 Å². The Balaban J connectivity index is 0.00000461. The Kier molecular flexibility index (Phi) is 10.5. The van der Waals surface area contributed by atoms with Crippen LogP contribution in [-0.4, -0.2) is 78.0 Å². The van der Waals surface area contributed by atoms with E-state index in [9.17, 15) is 14.4 Å². The summed E-state index contributed by atoms with van der Waals surface area (Å²) in [4.78, 5) is 53.4. The second kappa shape index (κ2) is 14.0. The van der Waals surface area contributed by atoms with Gasteiger partial charge in [-0.05, 0) is 62.8 Å². The largest absolute Gasteiger partial charge is 0.494 e. The highest BCUT2D eigenvalue weighted by molar-refractivity contribution is 6.03. The molecule has 2 aliphatic heterocycles. The molecule has 3 amide bonds. The lowest BCUT2D eigenvalue weighted by Crippen LogP contribution is -2.59. The fraction of sp³-hybridized carbons (Fsp3) is 0.485. The SMILES string of the molecule is CN[C@@H](C)C(=O)N[C@H](C(=O)N1CCC[C@H]1C(=O)Nc1cc2c(N3CCCc4ccccc43)ncnc2cc1OC)C(C)(C)C.Cl. The summed E-state index contributed by atoms with van der Waals surface area (Å²) in [6.45, 7) is 8.71. The predicted octanol–water partition coefficient (Wildman–Crippen LogP) is 4.21. The van der Waals surface area contributed by atoms with Gasteiger partial charge >= 0.3 is 0 Å². The monoisotopic (exact) mass is 637 g/mol. The summed E-state index contributed by atoms with van der Waals surface area (Å²) in [5.41, 5.74) is 3.00. The number of anilines is 3. The second-order valence-corrected chi connectivity index (χ2v) is 12.6. The molecule has 3 atom stereocenters. The summed E-state index contributed by atoms with van der Waals surface area (Å²) in [6, 6.07) is 10.1. The van der Waals surface area contributed by atoms with Crippen LogP contribution in [0.2, 0.25) is 0 Å². The first kappa shape index (κ1) is 33.9. The predicted molar refractivity (Wildman–Crippen MR) is 178 cm³/mol. The minimum Gasteiger partial charge on any atom is -0.494 e. The van der Waals surface area contributed by atoms with Gasteiger partial charge in [-0.2, -0.15) is 0 Å². The number of aromatic nitrogens is 2. The lowest BCUT2D eigenvalue weighted by Gasteiger charge is -2.36. The van der Waals surface area contributed by atoms with E-state index in [0.717, 1.165) is 36.3 Å². The number of nitrogens with one attached hydrogen (secondary N) is 3. The third kappa shape index (κ3) is 6.99. The van der Waals surface area contributed by atoms with E-state index in [1.54, 1.807) is 38.4 Å². The first-order valence-corrected chi connectivity index (χ1v) is 15.3.